The van der Waals surface area contributed by atoms with Crippen molar-refractivity contribution < 1.29 is 0 Å². The summed E-state index contributed by atoms with van der Waals surface area (Å²) in [5.74, 6) is 2.82. The van der Waals surface area contributed by atoms with Gasteiger partial charge in [-0.25, -0.2) is 0 Å². The molecule has 4 atom stereocenters. The number of nitrogens with zero attached hydrogens (tertiary/aromatic N) is 1. The number of rotatable bonds is 4. The van der Waals surface area contributed by atoms with E-state index in [0.717, 1.165) is 23.8 Å². The highest BCUT2D eigenvalue weighted by Gasteiger charge is 2.37. The summed E-state index contributed by atoms with van der Waals surface area (Å²) in [7, 11) is 2.08. The lowest BCUT2D eigenvalue weighted by Gasteiger charge is -2.29. The van der Waals surface area contributed by atoms with Crippen molar-refractivity contribution in [1.82, 2.24) is 10.2 Å². The van der Waals surface area contributed by atoms with Gasteiger partial charge in [0, 0.05) is 12.6 Å². The highest BCUT2D eigenvalue weighted by molar-refractivity contribution is 4.91. The van der Waals surface area contributed by atoms with Crippen LogP contribution in [-0.2, 0) is 0 Å². The maximum absolute atomic E-state index is 3.33. The number of likely N-dealkylation sites (tertiary alicyclic amines) is 1. The van der Waals surface area contributed by atoms with E-state index in [1.54, 1.807) is 0 Å². The smallest absolute Gasteiger partial charge is 0.0124 e. The summed E-state index contributed by atoms with van der Waals surface area (Å²) >= 11 is 0. The van der Waals surface area contributed by atoms with Gasteiger partial charge in [-0.3, -0.25) is 4.90 Å². The topological polar surface area (TPSA) is 15.3 Å². The van der Waals surface area contributed by atoms with Gasteiger partial charge in [-0.1, -0.05) is 20.3 Å². The Balaban J connectivity index is 1.85. The first-order valence-corrected chi connectivity index (χ1v) is 7.14. The molecule has 1 saturated carbocycles. The molecule has 0 bridgehead atoms. The van der Waals surface area contributed by atoms with Gasteiger partial charge in [-0.05, 0) is 57.2 Å². The van der Waals surface area contributed by atoms with E-state index in [0.29, 0.717) is 0 Å². The number of nitrogens with one attached hydrogen (secondary N) is 1. The second-order valence-corrected chi connectivity index (χ2v) is 5.88. The van der Waals surface area contributed by atoms with Crippen molar-refractivity contribution in [2.75, 3.05) is 26.7 Å². The molecule has 2 nitrogen and oxygen atoms in total. The van der Waals surface area contributed by atoms with Gasteiger partial charge in [0.15, 0.2) is 0 Å². The zero-order valence-corrected chi connectivity index (χ0v) is 11.2. The molecule has 0 aromatic rings. The standard InChI is InChI=1S/C14H28N2/c1-4-13-5-6-14(11(13)2)16-8-7-12(10-16)9-15-3/h11-15H,4-10H2,1-3H3. The van der Waals surface area contributed by atoms with Gasteiger partial charge >= 0.3 is 0 Å². The Morgan fingerprint density at radius 2 is 2.06 bits per heavy atom. The third-order valence-electron chi connectivity index (χ3n) is 4.99. The van der Waals surface area contributed by atoms with Crippen LogP contribution in [0.3, 0.4) is 0 Å². The molecule has 94 valence electrons. The summed E-state index contributed by atoms with van der Waals surface area (Å²) in [4.78, 5) is 2.78. The Kier molecular flexibility index (Phi) is 4.26. The van der Waals surface area contributed by atoms with Crippen molar-refractivity contribution >= 4 is 0 Å². The Morgan fingerprint density at radius 1 is 1.25 bits per heavy atom. The van der Waals surface area contributed by atoms with Gasteiger partial charge in [-0.2, -0.15) is 0 Å². The van der Waals surface area contributed by atoms with Crippen LogP contribution in [0.2, 0.25) is 0 Å². The fourth-order valence-electron chi connectivity index (χ4n) is 3.93. The molecule has 1 aliphatic carbocycles. The molecule has 0 aromatic heterocycles. The molecule has 1 heterocycles. The van der Waals surface area contributed by atoms with Crippen LogP contribution < -0.4 is 5.32 Å². The van der Waals surface area contributed by atoms with E-state index in [1.807, 2.05) is 0 Å². The third kappa shape index (κ3) is 2.43. The normalized spacial score (nSPS) is 40.7. The summed E-state index contributed by atoms with van der Waals surface area (Å²) in [5, 5.41) is 3.33. The number of hydrogen-bond donors (Lipinski definition) is 1. The van der Waals surface area contributed by atoms with Crippen LogP contribution in [-0.4, -0.2) is 37.6 Å². The van der Waals surface area contributed by atoms with Crippen LogP contribution in [0.4, 0.5) is 0 Å². The molecule has 1 saturated heterocycles. The van der Waals surface area contributed by atoms with Gasteiger partial charge in [0.1, 0.15) is 0 Å². The van der Waals surface area contributed by atoms with Crippen molar-refractivity contribution in [3.63, 3.8) is 0 Å². The van der Waals surface area contributed by atoms with Gasteiger partial charge in [0.25, 0.3) is 0 Å². The molecule has 1 aliphatic heterocycles. The first-order chi connectivity index (χ1) is 7.76. The molecule has 0 amide bonds. The third-order valence-corrected chi connectivity index (χ3v) is 4.99. The van der Waals surface area contributed by atoms with Crippen LogP contribution in [0.1, 0.15) is 39.5 Å². The van der Waals surface area contributed by atoms with E-state index < -0.39 is 0 Å². The second kappa shape index (κ2) is 5.50. The van der Waals surface area contributed by atoms with Gasteiger partial charge in [-0.15, -0.1) is 0 Å². The van der Waals surface area contributed by atoms with Crippen LogP contribution >= 0.6 is 0 Å². The molecule has 2 fully saturated rings. The molecule has 0 spiro atoms. The minimum Gasteiger partial charge on any atom is -0.319 e. The highest BCUT2D eigenvalue weighted by Crippen LogP contribution is 2.38. The maximum Gasteiger partial charge on any atom is 0.0124 e. The van der Waals surface area contributed by atoms with E-state index in [-0.39, 0.29) is 0 Å². The van der Waals surface area contributed by atoms with E-state index in [9.17, 15) is 0 Å². The molecule has 1 N–H and O–H groups in total. The maximum atomic E-state index is 3.33. The van der Waals surface area contributed by atoms with Crippen molar-refractivity contribution in [3.8, 4) is 0 Å². The largest absolute Gasteiger partial charge is 0.319 e. The van der Waals surface area contributed by atoms with Crippen LogP contribution in [0, 0.1) is 17.8 Å². The summed E-state index contributed by atoms with van der Waals surface area (Å²) in [6, 6.07) is 0.895. The van der Waals surface area contributed by atoms with Crippen molar-refractivity contribution in [1.29, 1.82) is 0 Å². The molecule has 0 radical (unpaired) electrons. The highest BCUT2D eigenvalue weighted by atomic mass is 15.2. The quantitative estimate of drug-likeness (QED) is 0.788. The summed E-state index contributed by atoms with van der Waals surface area (Å²) < 4.78 is 0. The second-order valence-electron chi connectivity index (χ2n) is 5.88. The Hall–Kier alpha value is -0.0800. The zero-order chi connectivity index (χ0) is 11.5. The predicted molar refractivity (Wildman–Crippen MR) is 69.6 cm³/mol. The number of hydrogen-bond acceptors (Lipinski definition) is 2. The minimum absolute atomic E-state index is 0.895. The lowest BCUT2D eigenvalue weighted by molar-refractivity contribution is 0.181. The van der Waals surface area contributed by atoms with Crippen molar-refractivity contribution in [2.24, 2.45) is 17.8 Å². The lowest BCUT2D eigenvalue weighted by Crippen LogP contribution is -2.37. The Bertz CT molecular complexity index is 217. The van der Waals surface area contributed by atoms with Crippen LogP contribution in [0.25, 0.3) is 0 Å². The Labute approximate surface area is 101 Å². The predicted octanol–water partition coefficient (Wildman–Crippen LogP) is 2.35. The van der Waals surface area contributed by atoms with Crippen molar-refractivity contribution in [2.45, 2.75) is 45.6 Å². The summed E-state index contributed by atoms with van der Waals surface area (Å²) in [6.45, 7) is 8.73. The molecule has 2 heteroatoms. The van der Waals surface area contributed by atoms with Gasteiger partial charge < -0.3 is 5.32 Å². The minimum atomic E-state index is 0.895. The molecule has 16 heavy (non-hydrogen) atoms. The molecule has 0 aromatic carbocycles. The van der Waals surface area contributed by atoms with Crippen LogP contribution in [0.5, 0.6) is 0 Å². The summed E-state index contributed by atoms with van der Waals surface area (Å²) in [5.41, 5.74) is 0. The fraction of sp³-hybridized carbons (Fsp3) is 1.00. The first-order valence-electron chi connectivity index (χ1n) is 7.14. The SMILES string of the molecule is CCC1CCC(N2CCC(CNC)C2)C1C. The zero-order valence-electron chi connectivity index (χ0n) is 11.2. The van der Waals surface area contributed by atoms with E-state index in [2.05, 4.69) is 31.1 Å². The van der Waals surface area contributed by atoms with E-state index in [1.165, 1.54) is 45.3 Å². The molecule has 2 rings (SSSR count). The average molecular weight is 224 g/mol. The molecule has 2 aliphatic rings. The van der Waals surface area contributed by atoms with Crippen LogP contribution in [0.15, 0.2) is 0 Å². The molecular weight excluding hydrogens is 196 g/mol. The van der Waals surface area contributed by atoms with Gasteiger partial charge in [0.2, 0.25) is 0 Å². The molecule has 4 unspecified atom stereocenters. The summed E-state index contributed by atoms with van der Waals surface area (Å²) in [6.07, 6.45) is 5.70. The Morgan fingerprint density at radius 3 is 2.69 bits per heavy atom. The first kappa shape index (κ1) is 12.4. The van der Waals surface area contributed by atoms with E-state index >= 15 is 0 Å². The monoisotopic (exact) mass is 224 g/mol. The fourth-order valence-corrected chi connectivity index (χ4v) is 3.93. The average Bonchev–Trinajstić information content (AvgIpc) is 2.85. The molecular formula is C14H28N2. The van der Waals surface area contributed by atoms with Crippen molar-refractivity contribution in [3.05, 3.63) is 0 Å². The lowest BCUT2D eigenvalue weighted by atomic mass is 9.93. The van der Waals surface area contributed by atoms with E-state index in [4.69, 9.17) is 0 Å². The van der Waals surface area contributed by atoms with Gasteiger partial charge in [0.05, 0.1) is 0 Å².